The maximum absolute atomic E-state index is 6.03. The molecule has 0 bridgehead atoms. The number of rotatable bonds is 6. The van der Waals surface area contributed by atoms with E-state index in [0.29, 0.717) is 6.54 Å². The minimum atomic E-state index is -0.0474. The lowest BCUT2D eigenvalue weighted by Gasteiger charge is -2.06. The molecule has 20 heavy (non-hydrogen) atoms. The Hall–Kier alpha value is -1.95. The van der Waals surface area contributed by atoms with Crippen molar-refractivity contribution in [2.75, 3.05) is 7.11 Å². The summed E-state index contributed by atoms with van der Waals surface area (Å²) < 4.78 is 7.00. The van der Waals surface area contributed by atoms with Crippen LogP contribution in [0, 0.1) is 6.92 Å². The van der Waals surface area contributed by atoms with Crippen LogP contribution in [0.25, 0.3) is 0 Å². The summed E-state index contributed by atoms with van der Waals surface area (Å²) in [6.45, 7) is 4.60. The van der Waals surface area contributed by atoms with E-state index in [9.17, 15) is 0 Å². The van der Waals surface area contributed by atoms with Crippen LogP contribution >= 0.6 is 0 Å². The normalized spacial score (nSPS) is 12.4. The first kappa shape index (κ1) is 14.5. The number of aromatic nitrogens is 4. The van der Waals surface area contributed by atoms with Gasteiger partial charge >= 0.3 is 0 Å². The van der Waals surface area contributed by atoms with Gasteiger partial charge in [-0.15, -0.1) is 5.10 Å². The van der Waals surface area contributed by atoms with Crippen molar-refractivity contribution in [1.29, 1.82) is 0 Å². The summed E-state index contributed by atoms with van der Waals surface area (Å²) in [7, 11) is 1.65. The molecule has 0 aliphatic rings. The molecule has 0 aromatic carbocycles. The van der Waals surface area contributed by atoms with Gasteiger partial charge in [-0.05, 0) is 13.3 Å². The molecular weight excluding hydrogens is 254 g/mol. The molecule has 0 aliphatic heterocycles. The van der Waals surface area contributed by atoms with Crippen molar-refractivity contribution in [2.45, 2.75) is 39.3 Å². The van der Waals surface area contributed by atoms with Gasteiger partial charge in [-0.3, -0.25) is 4.98 Å². The van der Waals surface area contributed by atoms with E-state index in [-0.39, 0.29) is 6.04 Å². The zero-order valence-electron chi connectivity index (χ0n) is 12.2. The summed E-state index contributed by atoms with van der Waals surface area (Å²) in [4.78, 5) is 4.47. The fourth-order valence-corrected chi connectivity index (χ4v) is 2.09. The molecule has 2 rings (SSSR count). The standard InChI is InChI=1S/C14H21N5O/c1-4-5-13(15)14-9-19(18-17-14)8-11-7-12(20-3)6-10(2)16-11/h6-7,9,13H,4-5,8,15H2,1-3H3. The molecule has 2 N–H and O–H groups in total. The van der Waals surface area contributed by atoms with Crippen molar-refractivity contribution in [2.24, 2.45) is 5.73 Å². The number of nitrogens with two attached hydrogens (primary N) is 1. The Morgan fingerprint density at radius 1 is 1.40 bits per heavy atom. The first-order valence-corrected chi connectivity index (χ1v) is 6.79. The van der Waals surface area contributed by atoms with Gasteiger partial charge in [-0.1, -0.05) is 18.6 Å². The predicted octanol–water partition coefficient (Wildman–Crippen LogP) is 1.84. The number of pyridine rings is 1. The second kappa shape index (κ2) is 6.47. The summed E-state index contributed by atoms with van der Waals surface area (Å²) in [5.74, 6) is 0.801. The molecule has 0 aliphatic carbocycles. The zero-order chi connectivity index (χ0) is 14.5. The molecule has 0 radical (unpaired) electrons. The van der Waals surface area contributed by atoms with E-state index >= 15 is 0 Å². The third-order valence-corrected chi connectivity index (χ3v) is 3.08. The van der Waals surface area contributed by atoms with Crippen LogP contribution in [0.3, 0.4) is 0 Å². The second-order valence-electron chi connectivity index (χ2n) is 4.88. The van der Waals surface area contributed by atoms with E-state index in [1.54, 1.807) is 11.8 Å². The van der Waals surface area contributed by atoms with Crippen LogP contribution in [0.15, 0.2) is 18.3 Å². The molecule has 108 valence electrons. The van der Waals surface area contributed by atoms with Gasteiger partial charge in [0.2, 0.25) is 0 Å². The Labute approximate surface area is 119 Å². The Balaban J connectivity index is 2.12. The predicted molar refractivity (Wildman–Crippen MR) is 76.5 cm³/mol. The first-order chi connectivity index (χ1) is 9.62. The maximum atomic E-state index is 6.03. The van der Waals surface area contributed by atoms with Gasteiger partial charge in [0.05, 0.1) is 37.3 Å². The summed E-state index contributed by atoms with van der Waals surface area (Å²) in [6.07, 6.45) is 3.83. The van der Waals surface area contributed by atoms with E-state index in [0.717, 1.165) is 35.7 Å². The number of hydrogen-bond donors (Lipinski definition) is 1. The molecule has 2 heterocycles. The molecule has 6 nitrogen and oxygen atoms in total. The summed E-state index contributed by atoms with van der Waals surface area (Å²) in [6, 6.07) is 3.75. The van der Waals surface area contributed by atoms with Gasteiger partial charge in [0.25, 0.3) is 0 Å². The van der Waals surface area contributed by atoms with Crippen LogP contribution in [0.4, 0.5) is 0 Å². The summed E-state index contributed by atoms with van der Waals surface area (Å²) in [5, 5.41) is 8.23. The van der Waals surface area contributed by atoms with E-state index in [2.05, 4.69) is 22.2 Å². The SMILES string of the molecule is CCCC(N)c1cn(Cc2cc(OC)cc(C)n2)nn1. The Kier molecular flexibility index (Phi) is 4.68. The van der Waals surface area contributed by atoms with Crippen LogP contribution in [0.5, 0.6) is 5.75 Å². The minimum Gasteiger partial charge on any atom is -0.497 e. The fraction of sp³-hybridized carbons (Fsp3) is 0.500. The van der Waals surface area contributed by atoms with Gasteiger partial charge in [0.1, 0.15) is 5.75 Å². The molecule has 1 atom stereocenters. The molecule has 0 spiro atoms. The summed E-state index contributed by atoms with van der Waals surface area (Å²) >= 11 is 0. The minimum absolute atomic E-state index is 0.0474. The Bertz CT molecular complexity index is 566. The molecule has 2 aromatic rings. The average Bonchev–Trinajstić information content (AvgIpc) is 2.87. The number of aryl methyl sites for hydroxylation is 1. The van der Waals surface area contributed by atoms with E-state index in [4.69, 9.17) is 10.5 Å². The highest BCUT2D eigenvalue weighted by Gasteiger charge is 2.10. The lowest BCUT2D eigenvalue weighted by Crippen LogP contribution is -2.10. The lowest BCUT2D eigenvalue weighted by atomic mass is 10.1. The van der Waals surface area contributed by atoms with Crippen LogP contribution in [0.2, 0.25) is 0 Å². The van der Waals surface area contributed by atoms with Gasteiger partial charge < -0.3 is 10.5 Å². The van der Waals surface area contributed by atoms with Gasteiger partial charge in [-0.25, -0.2) is 4.68 Å². The van der Waals surface area contributed by atoms with Crippen LogP contribution < -0.4 is 10.5 Å². The highest BCUT2D eigenvalue weighted by molar-refractivity contribution is 5.26. The molecule has 2 aromatic heterocycles. The molecule has 0 saturated heterocycles. The van der Waals surface area contributed by atoms with Crippen molar-refractivity contribution in [3.05, 3.63) is 35.4 Å². The highest BCUT2D eigenvalue weighted by Crippen LogP contribution is 2.15. The quantitative estimate of drug-likeness (QED) is 0.870. The smallest absolute Gasteiger partial charge is 0.122 e. The van der Waals surface area contributed by atoms with Gasteiger partial charge in [0, 0.05) is 17.8 Å². The van der Waals surface area contributed by atoms with Crippen molar-refractivity contribution < 1.29 is 4.74 Å². The number of hydrogen-bond acceptors (Lipinski definition) is 5. The molecule has 0 amide bonds. The number of methoxy groups -OCH3 is 1. The van der Waals surface area contributed by atoms with E-state index in [1.165, 1.54) is 0 Å². The monoisotopic (exact) mass is 275 g/mol. The van der Waals surface area contributed by atoms with E-state index < -0.39 is 0 Å². The third kappa shape index (κ3) is 3.54. The van der Waals surface area contributed by atoms with Crippen molar-refractivity contribution in [3.63, 3.8) is 0 Å². The maximum Gasteiger partial charge on any atom is 0.122 e. The largest absolute Gasteiger partial charge is 0.497 e. The average molecular weight is 275 g/mol. The molecule has 6 heteroatoms. The number of nitrogens with zero attached hydrogens (tertiary/aromatic N) is 4. The second-order valence-corrected chi connectivity index (χ2v) is 4.88. The van der Waals surface area contributed by atoms with Gasteiger partial charge in [-0.2, -0.15) is 0 Å². The van der Waals surface area contributed by atoms with Crippen molar-refractivity contribution >= 4 is 0 Å². The Morgan fingerprint density at radius 3 is 2.90 bits per heavy atom. The van der Waals surface area contributed by atoms with Crippen LogP contribution in [-0.4, -0.2) is 27.1 Å². The van der Waals surface area contributed by atoms with Crippen LogP contribution in [0.1, 0.15) is 42.9 Å². The number of ether oxygens (including phenoxy) is 1. The third-order valence-electron chi connectivity index (χ3n) is 3.08. The van der Waals surface area contributed by atoms with Crippen molar-refractivity contribution in [3.8, 4) is 5.75 Å². The Morgan fingerprint density at radius 2 is 2.20 bits per heavy atom. The fourth-order valence-electron chi connectivity index (χ4n) is 2.09. The topological polar surface area (TPSA) is 78.9 Å². The van der Waals surface area contributed by atoms with Gasteiger partial charge in [0.15, 0.2) is 0 Å². The molecule has 0 saturated carbocycles. The van der Waals surface area contributed by atoms with E-state index in [1.807, 2.05) is 25.3 Å². The summed E-state index contributed by atoms with van der Waals surface area (Å²) in [5.41, 5.74) is 8.67. The first-order valence-electron chi connectivity index (χ1n) is 6.79. The van der Waals surface area contributed by atoms with Crippen molar-refractivity contribution in [1.82, 2.24) is 20.0 Å². The molecular formula is C14H21N5O. The molecule has 1 unspecified atom stereocenters. The molecule has 0 fully saturated rings. The highest BCUT2D eigenvalue weighted by atomic mass is 16.5. The zero-order valence-corrected chi connectivity index (χ0v) is 12.2. The lowest BCUT2D eigenvalue weighted by molar-refractivity contribution is 0.412. The van der Waals surface area contributed by atoms with Crippen LogP contribution in [-0.2, 0) is 6.54 Å².